The van der Waals surface area contributed by atoms with Gasteiger partial charge in [0, 0.05) is 0 Å². The Morgan fingerprint density at radius 1 is 1.33 bits per heavy atom. The van der Waals surface area contributed by atoms with Crippen LogP contribution >= 0.6 is 0 Å². The normalized spacial score (nSPS) is 12.6. The van der Waals surface area contributed by atoms with Crippen molar-refractivity contribution in [2.45, 2.75) is 26.3 Å². The zero-order valence-corrected chi connectivity index (χ0v) is 7.53. The Kier molecular flexibility index (Phi) is 3.11. The van der Waals surface area contributed by atoms with E-state index in [1.54, 1.807) is 0 Å². The summed E-state index contributed by atoms with van der Waals surface area (Å²) in [7, 11) is 0. The molecular weight excluding hydrogens is 150 g/mol. The fraction of sp³-hybridized carbons (Fsp3) is 0.400. The molecule has 0 bridgehead atoms. The zero-order chi connectivity index (χ0) is 8.97. The molecule has 1 rings (SSSR count). The van der Waals surface area contributed by atoms with E-state index >= 15 is 0 Å². The van der Waals surface area contributed by atoms with E-state index in [-0.39, 0.29) is 6.04 Å². The molecule has 0 N–H and O–H groups in total. The smallest absolute Gasteiger partial charge is 0.0670 e. The molecule has 0 spiro atoms. The molecule has 2 heteroatoms. The molecule has 2 nitrogen and oxygen atoms in total. The first-order valence-corrected chi connectivity index (χ1v) is 4.27. The van der Waals surface area contributed by atoms with Gasteiger partial charge in [0.15, 0.2) is 0 Å². The van der Waals surface area contributed by atoms with Crippen LogP contribution in [0.25, 0.3) is 0 Å². The Morgan fingerprint density at radius 2 is 1.92 bits per heavy atom. The molecule has 0 saturated heterocycles. The largest absolute Gasteiger partial charge is 0.218 e. The van der Waals surface area contributed by atoms with Crippen LogP contribution in [0.15, 0.2) is 30.3 Å². The third kappa shape index (κ3) is 1.98. The molecule has 0 heterocycles. The second-order valence-corrected chi connectivity index (χ2v) is 2.92. The number of benzene rings is 1. The van der Waals surface area contributed by atoms with Crippen LogP contribution in [-0.4, -0.2) is 6.04 Å². The fourth-order valence-corrected chi connectivity index (χ4v) is 0.995. The van der Waals surface area contributed by atoms with Crippen LogP contribution in [0.5, 0.6) is 0 Å². The Hall–Kier alpha value is -1.02. The summed E-state index contributed by atoms with van der Waals surface area (Å²) in [6, 6.07) is 9.39. The van der Waals surface area contributed by atoms with Gasteiger partial charge in [0.2, 0.25) is 0 Å². The average molecular weight is 164 g/mol. The molecule has 1 radical (unpaired) electrons. The van der Waals surface area contributed by atoms with Gasteiger partial charge in [-0.2, -0.15) is 0 Å². The van der Waals surface area contributed by atoms with E-state index in [2.05, 4.69) is 0 Å². The van der Waals surface area contributed by atoms with E-state index in [9.17, 15) is 5.21 Å². The maximum absolute atomic E-state index is 11.5. The number of para-hydroxylation sites is 1. The molecule has 0 aliphatic carbocycles. The molecule has 1 unspecified atom stereocenters. The third-order valence-electron chi connectivity index (χ3n) is 2.00. The zero-order valence-electron chi connectivity index (χ0n) is 7.53. The van der Waals surface area contributed by atoms with E-state index in [4.69, 9.17) is 0 Å². The summed E-state index contributed by atoms with van der Waals surface area (Å²) < 4.78 is 0. The van der Waals surface area contributed by atoms with Crippen LogP contribution in [0.2, 0.25) is 0 Å². The van der Waals surface area contributed by atoms with Crippen LogP contribution in [0.1, 0.15) is 20.3 Å². The lowest BCUT2D eigenvalue weighted by Gasteiger charge is -2.20. The Balaban J connectivity index is 2.71. The molecule has 0 amide bonds. The predicted molar refractivity (Wildman–Crippen MR) is 49.4 cm³/mol. The molecule has 0 aliphatic heterocycles. The van der Waals surface area contributed by atoms with Crippen LogP contribution in [0, 0.1) is 0 Å². The van der Waals surface area contributed by atoms with E-state index in [0.29, 0.717) is 0 Å². The third-order valence-corrected chi connectivity index (χ3v) is 2.00. The SMILES string of the molecule is CCC(C)N([O])c1ccccc1. The van der Waals surface area contributed by atoms with Crippen LogP contribution in [0.4, 0.5) is 5.69 Å². The van der Waals surface area contributed by atoms with E-state index in [1.807, 2.05) is 44.2 Å². The van der Waals surface area contributed by atoms with E-state index < -0.39 is 0 Å². The molecule has 1 aromatic carbocycles. The van der Waals surface area contributed by atoms with Crippen molar-refractivity contribution in [3.05, 3.63) is 30.3 Å². The monoisotopic (exact) mass is 164 g/mol. The number of rotatable bonds is 3. The van der Waals surface area contributed by atoms with Gasteiger partial charge in [-0.25, -0.2) is 5.06 Å². The lowest BCUT2D eigenvalue weighted by Crippen LogP contribution is -2.26. The van der Waals surface area contributed by atoms with E-state index in [1.165, 1.54) is 0 Å². The van der Waals surface area contributed by atoms with Gasteiger partial charge < -0.3 is 0 Å². The highest BCUT2D eigenvalue weighted by Crippen LogP contribution is 2.15. The first kappa shape index (κ1) is 9.07. The van der Waals surface area contributed by atoms with Crippen LogP contribution in [-0.2, 0) is 5.21 Å². The molecule has 1 atom stereocenters. The summed E-state index contributed by atoms with van der Waals surface area (Å²) in [6.07, 6.45) is 0.873. The number of hydroxylamine groups is 1. The van der Waals surface area contributed by atoms with Gasteiger partial charge in [0.05, 0.1) is 11.7 Å². The molecule has 12 heavy (non-hydrogen) atoms. The molecule has 0 aromatic heterocycles. The van der Waals surface area contributed by atoms with Crippen molar-refractivity contribution in [1.29, 1.82) is 0 Å². The molecule has 1 aromatic rings. The first-order chi connectivity index (χ1) is 5.75. The minimum absolute atomic E-state index is 0.0624. The maximum atomic E-state index is 11.5. The predicted octanol–water partition coefficient (Wildman–Crippen LogP) is 2.64. The van der Waals surface area contributed by atoms with Crippen molar-refractivity contribution in [3.8, 4) is 0 Å². The summed E-state index contributed by atoms with van der Waals surface area (Å²) in [5.74, 6) is 0. The number of nitrogens with zero attached hydrogens (tertiary/aromatic N) is 1. The summed E-state index contributed by atoms with van der Waals surface area (Å²) >= 11 is 0. The standard InChI is InChI=1S/C10H14NO/c1-3-9(2)11(12)10-7-5-4-6-8-10/h4-9H,3H2,1-2H3. The summed E-state index contributed by atoms with van der Waals surface area (Å²) in [4.78, 5) is 0. The Labute approximate surface area is 73.4 Å². The van der Waals surface area contributed by atoms with Crippen molar-refractivity contribution >= 4 is 5.69 Å². The Morgan fingerprint density at radius 3 is 2.42 bits per heavy atom. The number of hydrogen-bond acceptors (Lipinski definition) is 1. The Bertz CT molecular complexity index is 223. The van der Waals surface area contributed by atoms with Gasteiger partial charge in [-0.05, 0) is 25.5 Å². The highest BCUT2D eigenvalue weighted by atomic mass is 16.5. The van der Waals surface area contributed by atoms with Gasteiger partial charge in [-0.3, -0.25) is 0 Å². The van der Waals surface area contributed by atoms with Crippen molar-refractivity contribution in [2.75, 3.05) is 5.06 Å². The lowest BCUT2D eigenvalue weighted by molar-refractivity contribution is 0.132. The minimum Gasteiger partial charge on any atom is -0.218 e. The van der Waals surface area contributed by atoms with Gasteiger partial charge in [-0.1, -0.05) is 30.3 Å². The second-order valence-electron chi connectivity index (χ2n) is 2.92. The van der Waals surface area contributed by atoms with Gasteiger partial charge in [-0.15, -0.1) is 0 Å². The topological polar surface area (TPSA) is 23.1 Å². The van der Waals surface area contributed by atoms with Gasteiger partial charge in [0.1, 0.15) is 0 Å². The molecule has 65 valence electrons. The summed E-state index contributed by atoms with van der Waals surface area (Å²) in [5, 5.41) is 12.5. The maximum Gasteiger partial charge on any atom is 0.0670 e. The molecular formula is C10H14NO. The number of hydrogen-bond donors (Lipinski definition) is 0. The lowest BCUT2D eigenvalue weighted by atomic mass is 10.2. The van der Waals surface area contributed by atoms with Crippen LogP contribution < -0.4 is 5.06 Å². The van der Waals surface area contributed by atoms with Crippen LogP contribution in [0.3, 0.4) is 0 Å². The minimum atomic E-state index is 0.0624. The molecule has 0 aliphatic rings. The van der Waals surface area contributed by atoms with Gasteiger partial charge in [0.25, 0.3) is 0 Å². The van der Waals surface area contributed by atoms with Crippen molar-refractivity contribution in [1.82, 2.24) is 0 Å². The highest BCUT2D eigenvalue weighted by molar-refractivity contribution is 5.43. The second kappa shape index (κ2) is 4.12. The summed E-state index contributed by atoms with van der Waals surface area (Å²) in [6.45, 7) is 3.94. The fourth-order valence-electron chi connectivity index (χ4n) is 0.995. The average Bonchev–Trinajstić information content (AvgIpc) is 2.17. The number of anilines is 1. The van der Waals surface area contributed by atoms with E-state index in [0.717, 1.165) is 17.2 Å². The quantitative estimate of drug-likeness (QED) is 0.630. The van der Waals surface area contributed by atoms with Gasteiger partial charge >= 0.3 is 0 Å². The van der Waals surface area contributed by atoms with Crippen molar-refractivity contribution in [2.24, 2.45) is 0 Å². The van der Waals surface area contributed by atoms with Crippen molar-refractivity contribution in [3.63, 3.8) is 0 Å². The highest BCUT2D eigenvalue weighted by Gasteiger charge is 2.10. The summed E-state index contributed by atoms with van der Waals surface area (Å²) in [5.41, 5.74) is 0.742. The molecule has 0 fully saturated rings. The van der Waals surface area contributed by atoms with Crippen molar-refractivity contribution < 1.29 is 5.21 Å². The molecule has 0 saturated carbocycles. The first-order valence-electron chi connectivity index (χ1n) is 4.27.